The van der Waals surface area contributed by atoms with Crippen molar-refractivity contribution in [3.8, 4) is 5.88 Å². The first-order valence-electron chi connectivity index (χ1n) is 4.11. The molecule has 0 fully saturated rings. The van der Waals surface area contributed by atoms with Crippen molar-refractivity contribution in [3.05, 3.63) is 22.8 Å². The molecule has 0 N–H and O–H groups in total. The Balaban J connectivity index is 2.73. The largest absolute Gasteiger partial charge is 0.474 e. The predicted octanol–water partition coefficient (Wildman–Crippen LogP) is 2.65. The Labute approximate surface area is 81.7 Å². The number of nitrogens with zero attached hydrogens (tertiary/aromatic N) is 1. The second kappa shape index (κ2) is 5.02. The first-order chi connectivity index (χ1) is 6.27. The Morgan fingerprint density at radius 1 is 1.62 bits per heavy atom. The molecule has 0 saturated carbocycles. The van der Waals surface area contributed by atoms with Gasteiger partial charge in [-0.3, -0.25) is 0 Å². The van der Waals surface area contributed by atoms with Gasteiger partial charge in [-0.05, 0) is 18.1 Å². The number of hydrogen-bond acceptors (Lipinski definition) is 2. The molecule has 0 bridgehead atoms. The Hall–Kier alpha value is -0.830. The van der Waals surface area contributed by atoms with Crippen LogP contribution in [0, 0.1) is 0 Å². The normalized spacial score (nSPS) is 10.1. The van der Waals surface area contributed by atoms with Crippen molar-refractivity contribution < 1.29 is 9.13 Å². The van der Waals surface area contributed by atoms with Crippen LogP contribution in [0.2, 0.25) is 5.02 Å². The average molecular weight is 204 g/mol. The number of aromatic nitrogens is 1. The summed E-state index contributed by atoms with van der Waals surface area (Å²) in [5.74, 6) is 0.302. The van der Waals surface area contributed by atoms with Gasteiger partial charge in [-0.25, -0.2) is 9.37 Å². The van der Waals surface area contributed by atoms with Gasteiger partial charge in [-0.1, -0.05) is 18.5 Å². The van der Waals surface area contributed by atoms with Gasteiger partial charge in [0, 0.05) is 6.20 Å². The molecule has 1 rings (SSSR count). The summed E-state index contributed by atoms with van der Waals surface area (Å²) >= 11 is 5.83. The van der Waals surface area contributed by atoms with Gasteiger partial charge in [0.25, 0.3) is 0 Å². The highest BCUT2D eigenvalue weighted by Gasteiger charge is 2.03. The molecule has 4 heteroatoms. The summed E-state index contributed by atoms with van der Waals surface area (Å²) in [7, 11) is 0. The van der Waals surface area contributed by atoms with Crippen LogP contribution in [-0.4, -0.2) is 18.3 Å². The molecular weight excluding hydrogens is 193 g/mol. The maximum absolute atomic E-state index is 11.8. The quantitative estimate of drug-likeness (QED) is 0.751. The molecule has 0 unspecified atom stereocenters. The molecule has 0 radical (unpaired) electrons. The molecule has 0 aromatic carbocycles. The number of pyridine rings is 1. The number of halogens is 2. The lowest BCUT2D eigenvalue weighted by atomic mass is 10.2. The highest BCUT2D eigenvalue weighted by Crippen LogP contribution is 2.22. The van der Waals surface area contributed by atoms with Crippen LogP contribution in [0.15, 0.2) is 12.3 Å². The number of alkyl halides is 1. The summed E-state index contributed by atoms with van der Waals surface area (Å²) < 4.78 is 16.7. The molecule has 1 aromatic rings. The van der Waals surface area contributed by atoms with E-state index in [0.717, 1.165) is 12.0 Å². The van der Waals surface area contributed by atoms with Crippen LogP contribution < -0.4 is 4.74 Å². The fourth-order valence-electron chi connectivity index (χ4n) is 0.900. The molecule has 0 spiro atoms. The minimum absolute atomic E-state index is 0.00179. The topological polar surface area (TPSA) is 22.1 Å². The summed E-state index contributed by atoms with van der Waals surface area (Å²) in [5, 5.41) is 0.438. The molecule has 2 nitrogen and oxygen atoms in total. The number of rotatable bonds is 4. The first-order valence-corrected chi connectivity index (χ1v) is 4.49. The van der Waals surface area contributed by atoms with Gasteiger partial charge < -0.3 is 4.74 Å². The monoisotopic (exact) mass is 203 g/mol. The van der Waals surface area contributed by atoms with E-state index >= 15 is 0 Å². The van der Waals surface area contributed by atoms with Gasteiger partial charge >= 0.3 is 0 Å². The van der Waals surface area contributed by atoms with Gasteiger partial charge in [0.05, 0.1) is 0 Å². The van der Waals surface area contributed by atoms with Gasteiger partial charge in [0.2, 0.25) is 5.88 Å². The molecular formula is C9H11ClFNO. The van der Waals surface area contributed by atoms with E-state index in [2.05, 4.69) is 4.98 Å². The fourth-order valence-corrected chi connectivity index (χ4v) is 1.14. The molecule has 0 atom stereocenters. The van der Waals surface area contributed by atoms with Crippen LogP contribution in [-0.2, 0) is 6.42 Å². The van der Waals surface area contributed by atoms with Crippen LogP contribution >= 0.6 is 11.6 Å². The number of hydrogen-bond donors (Lipinski definition) is 0. The fraction of sp³-hybridized carbons (Fsp3) is 0.444. The van der Waals surface area contributed by atoms with Crippen molar-refractivity contribution >= 4 is 11.6 Å². The van der Waals surface area contributed by atoms with Crippen LogP contribution in [0.5, 0.6) is 5.88 Å². The molecule has 1 aromatic heterocycles. The Morgan fingerprint density at radius 2 is 2.38 bits per heavy atom. The molecule has 0 aliphatic carbocycles. The third kappa shape index (κ3) is 2.84. The standard InChI is InChI=1S/C9H11ClFNO/c1-2-7-5-8(10)9(12-6-7)13-4-3-11/h5-6H,2-4H2,1H3. The Bertz CT molecular complexity index is 280. The molecule has 0 amide bonds. The number of aryl methyl sites for hydroxylation is 1. The van der Waals surface area contributed by atoms with Gasteiger partial charge in [-0.15, -0.1) is 0 Å². The molecule has 1 heterocycles. The van der Waals surface area contributed by atoms with E-state index in [9.17, 15) is 4.39 Å². The minimum atomic E-state index is -0.534. The SMILES string of the molecule is CCc1cnc(OCCF)c(Cl)c1. The van der Waals surface area contributed by atoms with E-state index in [4.69, 9.17) is 16.3 Å². The van der Waals surface area contributed by atoms with E-state index in [1.54, 1.807) is 12.3 Å². The van der Waals surface area contributed by atoms with Crippen molar-refractivity contribution in [2.45, 2.75) is 13.3 Å². The van der Waals surface area contributed by atoms with Gasteiger partial charge in [0.1, 0.15) is 18.3 Å². The zero-order valence-corrected chi connectivity index (χ0v) is 8.14. The average Bonchev–Trinajstić information content (AvgIpc) is 2.16. The summed E-state index contributed by atoms with van der Waals surface area (Å²) in [6, 6.07) is 1.78. The lowest BCUT2D eigenvalue weighted by molar-refractivity contribution is 0.264. The third-order valence-electron chi connectivity index (χ3n) is 1.59. The summed E-state index contributed by atoms with van der Waals surface area (Å²) in [5.41, 5.74) is 1.04. The van der Waals surface area contributed by atoms with Crippen LogP contribution in [0.25, 0.3) is 0 Å². The van der Waals surface area contributed by atoms with Crippen LogP contribution in [0.3, 0.4) is 0 Å². The molecule has 0 aliphatic rings. The molecule has 0 saturated heterocycles. The smallest absolute Gasteiger partial charge is 0.232 e. The van der Waals surface area contributed by atoms with E-state index in [1.807, 2.05) is 6.92 Å². The van der Waals surface area contributed by atoms with E-state index in [1.165, 1.54) is 0 Å². The van der Waals surface area contributed by atoms with Crippen LogP contribution in [0.1, 0.15) is 12.5 Å². The van der Waals surface area contributed by atoms with E-state index in [-0.39, 0.29) is 6.61 Å². The van der Waals surface area contributed by atoms with Crippen molar-refractivity contribution in [2.75, 3.05) is 13.3 Å². The first kappa shape index (κ1) is 10.3. The summed E-state index contributed by atoms with van der Waals surface area (Å²) in [6.07, 6.45) is 2.55. The Morgan fingerprint density at radius 3 is 2.92 bits per heavy atom. The maximum atomic E-state index is 11.8. The van der Waals surface area contributed by atoms with Crippen molar-refractivity contribution in [3.63, 3.8) is 0 Å². The van der Waals surface area contributed by atoms with Crippen LogP contribution in [0.4, 0.5) is 4.39 Å². The Kier molecular flexibility index (Phi) is 3.96. The van der Waals surface area contributed by atoms with Gasteiger partial charge in [-0.2, -0.15) is 0 Å². The summed E-state index contributed by atoms with van der Waals surface area (Å²) in [4.78, 5) is 3.97. The molecule has 72 valence electrons. The highest BCUT2D eigenvalue weighted by molar-refractivity contribution is 6.31. The lowest BCUT2D eigenvalue weighted by Crippen LogP contribution is -2.01. The van der Waals surface area contributed by atoms with Crippen molar-refractivity contribution in [1.82, 2.24) is 4.98 Å². The van der Waals surface area contributed by atoms with Crippen molar-refractivity contribution in [1.29, 1.82) is 0 Å². The van der Waals surface area contributed by atoms with E-state index < -0.39 is 6.67 Å². The highest BCUT2D eigenvalue weighted by atomic mass is 35.5. The maximum Gasteiger partial charge on any atom is 0.232 e. The molecule has 0 aliphatic heterocycles. The predicted molar refractivity (Wildman–Crippen MR) is 50.1 cm³/mol. The van der Waals surface area contributed by atoms with Crippen molar-refractivity contribution in [2.24, 2.45) is 0 Å². The minimum Gasteiger partial charge on any atom is -0.474 e. The third-order valence-corrected chi connectivity index (χ3v) is 1.86. The number of ether oxygens (including phenoxy) is 1. The van der Waals surface area contributed by atoms with E-state index in [0.29, 0.717) is 10.9 Å². The van der Waals surface area contributed by atoms with Gasteiger partial charge in [0.15, 0.2) is 0 Å². The second-order valence-corrected chi connectivity index (χ2v) is 2.93. The zero-order valence-electron chi connectivity index (χ0n) is 7.39. The zero-order chi connectivity index (χ0) is 9.68. The molecule has 13 heavy (non-hydrogen) atoms. The lowest BCUT2D eigenvalue weighted by Gasteiger charge is -2.05. The second-order valence-electron chi connectivity index (χ2n) is 2.52. The summed E-state index contributed by atoms with van der Waals surface area (Å²) in [6.45, 7) is 1.47.